The molecule has 1 aromatic heterocycles. The van der Waals surface area contributed by atoms with Gasteiger partial charge in [-0.3, -0.25) is 4.79 Å². The molecule has 7 nitrogen and oxygen atoms in total. The number of benzene rings is 2. The van der Waals surface area contributed by atoms with Gasteiger partial charge in [0.05, 0.1) is 12.3 Å². The molecule has 3 aromatic rings. The van der Waals surface area contributed by atoms with E-state index in [-0.39, 0.29) is 5.91 Å². The van der Waals surface area contributed by atoms with Gasteiger partial charge in [-0.25, -0.2) is 9.78 Å². The largest absolute Gasteiger partial charge is 0.493 e. The van der Waals surface area contributed by atoms with Gasteiger partial charge >= 0.3 is 5.97 Å². The molecule has 1 N–H and O–H groups in total. The van der Waals surface area contributed by atoms with Crippen LogP contribution in [0.3, 0.4) is 0 Å². The average Bonchev–Trinajstić information content (AvgIpc) is 3.24. The van der Waals surface area contributed by atoms with Gasteiger partial charge in [0.25, 0.3) is 0 Å². The Morgan fingerprint density at radius 3 is 2.71 bits per heavy atom. The molecule has 184 valence electrons. The van der Waals surface area contributed by atoms with Gasteiger partial charge in [0.1, 0.15) is 11.5 Å². The molecule has 1 atom stereocenters. The molecular formula is C28H32N2O5. The third-order valence-electron chi connectivity index (χ3n) is 6.42. The summed E-state index contributed by atoms with van der Waals surface area (Å²) in [5.74, 6) is 0.804. The number of oxazole rings is 1. The van der Waals surface area contributed by atoms with Crippen LogP contribution in [0.4, 0.5) is 0 Å². The summed E-state index contributed by atoms with van der Waals surface area (Å²) >= 11 is 0. The zero-order chi connectivity index (χ0) is 24.8. The Labute approximate surface area is 205 Å². The maximum Gasteiger partial charge on any atom is 0.331 e. The van der Waals surface area contributed by atoms with Crippen molar-refractivity contribution in [3.05, 3.63) is 71.1 Å². The van der Waals surface area contributed by atoms with Crippen molar-refractivity contribution in [1.29, 1.82) is 0 Å². The lowest BCUT2D eigenvalue weighted by Crippen LogP contribution is -2.43. The van der Waals surface area contributed by atoms with Gasteiger partial charge in [0, 0.05) is 24.9 Å². The van der Waals surface area contributed by atoms with Crippen molar-refractivity contribution in [3.63, 3.8) is 0 Å². The van der Waals surface area contributed by atoms with E-state index >= 15 is 0 Å². The summed E-state index contributed by atoms with van der Waals surface area (Å²) in [6.07, 6.45) is 4.33. The standard InChI is InChI=1S/C28H32N2O5/c1-3-4-6-11-25(31)30-16-14-20-12-13-22(18-23(20)26(30)28(32)33)34-17-15-24-19(2)35-27(29-24)21-9-7-5-8-10-21/h5,7-10,12-13,18,26H,3-4,6,11,14-17H2,1-2H3,(H,32,33). The number of hydrogen-bond donors (Lipinski definition) is 1. The van der Waals surface area contributed by atoms with E-state index in [1.807, 2.05) is 49.4 Å². The zero-order valence-corrected chi connectivity index (χ0v) is 20.3. The predicted molar refractivity (Wildman–Crippen MR) is 132 cm³/mol. The van der Waals surface area contributed by atoms with Gasteiger partial charge < -0.3 is 19.2 Å². The third kappa shape index (κ3) is 5.73. The number of aromatic nitrogens is 1. The fraction of sp³-hybridized carbons (Fsp3) is 0.393. The van der Waals surface area contributed by atoms with Crippen LogP contribution in [0.1, 0.15) is 61.2 Å². The highest BCUT2D eigenvalue weighted by Gasteiger charge is 2.35. The van der Waals surface area contributed by atoms with Gasteiger partial charge in [0.2, 0.25) is 11.8 Å². The molecule has 1 unspecified atom stereocenters. The van der Waals surface area contributed by atoms with E-state index in [4.69, 9.17) is 9.15 Å². The summed E-state index contributed by atoms with van der Waals surface area (Å²) in [4.78, 5) is 31.1. The second-order valence-corrected chi connectivity index (χ2v) is 8.88. The first-order chi connectivity index (χ1) is 17.0. The molecule has 1 amide bonds. The SMILES string of the molecule is CCCCCC(=O)N1CCc2ccc(OCCc3nc(-c4ccccc4)oc3C)cc2C1C(=O)O. The normalized spacial score (nSPS) is 15.0. The summed E-state index contributed by atoms with van der Waals surface area (Å²) in [5.41, 5.74) is 3.33. The van der Waals surface area contributed by atoms with Crippen LogP contribution in [0.2, 0.25) is 0 Å². The van der Waals surface area contributed by atoms with Gasteiger partial charge in [-0.2, -0.15) is 0 Å². The Morgan fingerprint density at radius 1 is 1.17 bits per heavy atom. The monoisotopic (exact) mass is 476 g/mol. The van der Waals surface area contributed by atoms with E-state index < -0.39 is 12.0 Å². The molecule has 1 aliphatic rings. The number of aryl methyl sites for hydroxylation is 1. The molecule has 0 radical (unpaired) electrons. The van der Waals surface area contributed by atoms with Crippen LogP contribution in [0.25, 0.3) is 11.5 Å². The molecule has 1 aliphatic heterocycles. The molecule has 35 heavy (non-hydrogen) atoms. The molecular weight excluding hydrogens is 444 g/mol. The molecule has 4 rings (SSSR count). The Kier molecular flexibility index (Phi) is 7.85. The summed E-state index contributed by atoms with van der Waals surface area (Å²) < 4.78 is 11.8. The van der Waals surface area contributed by atoms with Crippen LogP contribution in [0, 0.1) is 6.92 Å². The average molecular weight is 477 g/mol. The van der Waals surface area contributed by atoms with Crippen LogP contribution in [0.15, 0.2) is 52.9 Å². The van der Waals surface area contributed by atoms with Gasteiger partial charge in [0.15, 0.2) is 6.04 Å². The molecule has 2 aromatic carbocycles. The number of carbonyl (C=O) groups is 2. The number of hydrogen-bond acceptors (Lipinski definition) is 5. The van der Waals surface area contributed by atoms with Crippen LogP contribution in [-0.4, -0.2) is 40.0 Å². The summed E-state index contributed by atoms with van der Waals surface area (Å²) in [7, 11) is 0. The number of fused-ring (bicyclic) bond motifs is 1. The number of unbranched alkanes of at least 4 members (excludes halogenated alkanes) is 2. The number of aliphatic carboxylic acids is 1. The second-order valence-electron chi connectivity index (χ2n) is 8.88. The first-order valence-electron chi connectivity index (χ1n) is 12.3. The molecule has 0 spiro atoms. The highest BCUT2D eigenvalue weighted by Crippen LogP contribution is 2.33. The minimum absolute atomic E-state index is 0.0986. The Balaban J connectivity index is 1.43. The summed E-state index contributed by atoms with van der Waals surface area (Å²) in [6, 6.07) is 14.3. The lowest BCUT2D eigenvalue weighted by molar-refractivity contribution is -0.151. The fourth-order valence-electron chi connectivity index (χ4n) is 4.52. The van der Waals surface area contributed by atoms with Crippen LogP contribution in [0.5, 0.6) is 5.75 Å². The van der Waals surface area contributed by atoms with Crippen molar-refractivity contribution in [1.82, 2.24) is 9.88 Å². The van der Waals surface area contributed by atoms with E-state index in [1.165, 1.54) is 4.90 Å². The highest BCUT2D eigenvalue weighted by atomic mass is 16.5. The minimum atomic E-state index is -1.02. The number of carbonyl (C=O) groups excluding carboxylic acids is 1. The third-order valence-corrected chi connectivity index (χ3v) is 6.42. The fourth-order valence-corrected chi connectivity index (χ4v) is 4.52. The van der Waals surface area contributed by atoms with Crippen molar-refractivity contribution in [2.24, 2.45) is 0 Å². The van der Waals surface area contributed by atoms with E-state index in [0.717, 1.165) is 41.8 Å². The smallest absolute Gasteiger partial charge is 0.331 e. The van der Waals surface area contributed by atoms with Crippen molar-refractivity contribution < 1.29 is 23.8 Å². The molecule has 0 aliphatic carbocycles. The van der Waals surface area contributed by atoms with E-state index in [2.05, 4.69) is 11.9 Å². The lowest BCUT2D eigenvalue weighted by atomic mass is 9.91. The molecule has 0 bridgehead atoms. The number of carboxylic acids is 1. The Hall–Kier alpha value is -3.61. The summed E-state index contributed by atoms with van der Waals surface area (Å²) in [6.45, 7) is 4.76. The zero-order valence-electron chi connectivity index (χ0n) is 20.3. The van der Waals surface area contributed by atoms with Crippen molar-refractivity contribution >= 4 is 11.9 Å². The van der Waals surface area contributed by atoms with Crippen LogP contribution < -0.4 is 4.74 Å². The molecule has 7 heteroatoms. The number of carboxylic acid groups (broad SMARTS) is 1. The van der Waals surface area contributed by atoms with Crippen molar-refractivity contribution in [2.75, 3.05) is 13.2 Å². The van der Waals surface area contributed by atoms with Crippen LogP contribution in [-0.2, 0) is 22.4 Å². The first kappa shape index (κ1) is 24.5. The van der Waals surface area contributed by atoms with E-state index in [0.29, 0.717) is 49.6 Å². The second kappa shape index (κ2) is 11.2. The van der Waals surface area contributed by atoms with Crippen molar-refractivity contribution in [3.8, 4) is 17.2 Å². The number of nitrogens with zero attached hydrogens (tertiary/aromatic N) is 2. The maximum absolute atomic E-state index is 12.8. The van der Waals surface area contributed by atoms with Gasteiger partial charge in [-0.05, 0) is 55.2 Å². The topological polar surface area (TPSA) is 92.9 Å². The predicted octanol–water partition coefficient (Wildman–Crippen LogP) is 5.36. The number of rotatable bonds is 10. The van der Waals surface area contributed by atoms with Crippen LogP contribution >= 0.6 is 0 Å². The quantitative estimate of drug-likeness (QED) is 0.396. The number of amides is 1. The van der Waals surface area contributed by atoms with E-state index in [1.54, 1.807) is 6.07 Å². The van der Waals surface area contributed by atoms with E-state index in [9.17, 15) is 14.7 Å². The van der Waals surface area contributed by atoms with Crippen molar-refractivity contribution in [2.45, 2.75) is 58.4 Å². The lowest BCUT2D eigenvalue weighted by Gasteiger charge is -2.35. The first-order valence-corrected chi connectivity index (χ1v) is 12.3. The Morgan fingerprint density at radius 2 is 1.97 bits per heavy atom. The van der Waals surface area contributed by atoms with Gasteiger partial charge in [-0.1, -0.05) is 44.0 Å². The molecule has 0 saturated carbocycles. The molecule has 2 heterocycles. The summed E-state index contributed by atoms with van der Waals surface area (Å²) in [5, 5.41) is 9.96. The minimum Gasteiger partial charge on any atom is -0.493 e. The molecule has 0 saturated heterocycles. The van der Waals surface area contributed by atoms with Gasteiger partial charge in [-0.15, -0.1) is 0 Å². The molecule has 0 fully saturated rings. The highest BCUT2D eigenvalue weighted by molar-refractivity contribution is 5.85. The maximum atomic E-state index is 12.8. The Bertz CT molecular complexity index is 1170. The number of ether oxygens (including phenoxy) is 1.